The highest BCUT2D eigenvalue weighted by atomic mass is 16.5. The molecule has 0 unspecified atom stereocenters. The van der Waals surface area contributed by atoms with Crippen molar-refractivity contribution in [2.24, 2.45) is 11.7 Å². The number of hydrogen-bond donors (Lipinski definition) is 1. The van der Waals surface area contributed by atoms with Gasteiger partial charge in [0.05, 0.1) is 6.61 Å². The van der Waals surface area contributed by atoms with E-state index in [2.05, 4.69) is 20.8 Å². The Morgan fingerprint density at radius 2 is 2.00 bits per heavy atom. The van der Waals surface area contributed by atoms with E-state index >= 15 is 0 Å². The molecule has 0 aliphatic carbocycles. The van der Waals surface area contributed by atoms with E-state index in [1.165, 1.54) is 0 Å². The van der Waals surface area contributed by atoms with Gasteiger partial charge in [-0.1, -0.05) is 20.8 Å². The van der Waals surface area contributed by atoms with Crippen molar-refractivity contribution in [3.8, 4) is 0 Å². The summed E-state index contributed by atoms with van der Waals surface area (Å²) < 4.78 is 5.28. The molecule has 0 aliphatic heterocycles. The average molecular weight is 145 g/mol. The van der Waals surface area contributed by atoms with Crippen LogP contribution < -0.4 is 5.73 Å². The van der Waals surface area contributed by atoms with Crippen LogP contribution in [0.25, 0.3) is 0 Å². The average Bonchev–Trinajstić information content (AvgIpc) is 1.88. The first-order valence-corrected chi connectivity index (χ1v) is 4.01. The first kappa shape index (κ1) is 9.92. The van der Waals surface area contributed by atoms with Gasteiger partial charge in [0, 0.05) is 12.6 Å². The van der Waals surface area contributed by atoms with Crippen LogP contribution in [-0.4, -0.2) is 19.3 Å². The van der Waals surface area contributed by atoms with Gasteiger partial charge in [0.15, 0.2) is 0 Å². The lowest BCUT2D eigenvalue weighted by atomic mass is 10.1. The molecule has 10 heavy (non-hydrogen) atoms. The minimum atomic E-state index is 0.201. The van der Waals surface area contributed by atoms with Crippen molar-refractivity contribution >= 4 is 0 Å². The van der Waals surface area contributed by atoms with Crippen LogP contribution in [0.5, 0.6) is 0 Å². The van der Waals surface area contributed by atoms with E-state index in [0.717, 1.165) is 13.0 Å². The van der Waals surface area contributed by atoms with E-state index in [9.17, 15) is 0 Å². The molecule has 1 atom stereocenters. The van der Waals surface area contributed by atoms with Crippen molar-refractivity contribution in [2.75, 3.05) is 13.2 Å². The monoisotopic (exact) mass is 145 g/mol. The second-order valence-corrected chi connectivity index (χ2v) is 2.98. The fourth-order valence-electron chi connectivity index (χ4n) is 0.556. The standard InChI is InChI=1S/C8H19NO/c1-4-5-10-6-8(9)7(2)3/h7-8H,4-6,9H2,1-3H3/t8-/m1/s1. The van der Waals surface area contributed by atoms with Gasteiger partial charge in [-0.3, -0.25) is 0 Å². The third-order valence-corrected chi connectivity index (χ3v) is 1.52. The summed E-state index contributed by atoms with van der Waals surface area (Å²) in [5.74, 6) is 0.525. The molecule has 0 aromatic heterocycles. The SMILES string of the molecule is CCCOC[C@@H](N)C(C)C. The first-order chi connectivity index (χ1) is 4.68. The van der Waals surface area contributed by atoms with Crippen LogP contribution in [0.1, 0.15) is 27.2 Å². The maximum atomic E-state index is 5.73. The molecule has 0 amide bonds. The van der Waals surface area contributed by atoms with Crippen LogP contribution in [-0.2, 0) is 4.74 Å². The van der Waals surface area contributed by atoms with Gasteiger partial charge in [-0.15, -0.1) is 0 Å². The molecule has 0 saturated heterocycles. The summed E-state index contributed by atoms with van der Waals surface area (Å²) >= 11 is 0. The van der Waals surface area contributed by atoms with Crippen LogP contribution in [0.2, 0.25) is 0 Å². The maximum Gasteiger partial charge on any atom is 0.0619 e. The molecule has 0 fully saturated rings. The number of rotatable bonds is 5. The topological polar surface area (TPSA) is 35.2 Å². The van der Waals surface area contributed by atoms with Crippen molar-refractivity contribution in [1.82, 2.24) is 0 Å². The van der Waals surface area contributed by atoms with E-state index in [0.29, 0.717) is 12.5 Å². The molecule has 0 bridgehead atoms. The molecule has 2 N–H and O–H groups in total. The summed E-state index contributed by atoms with van der Waals surface area (Å²) in [6, 6.07) is 0.201. The van der Waals surface area contributed by atoms with Crippen LogP contribution in [0.3, 0.4) is 0 Å². The summed E-state index contributed by atoms with van der Waals surface area (Å²) in [6.45, 7) is 7.85. The van der Waals surface area contributed by atoms with Gasteiger partial charge in [0.25, 0.3) is 0 Å². The quantitative estimate of drug-likeness (QED) is 0.593. The number of ether oxygens (including phenoxy) is 1. The third kappa shape index (κ3) is 4.77. The van der Waals surface area contributed by atoms with Gasteiger partial charge in [-0.25, -0.2) is 0 Å². The third-order valence-electron chi connectivity index (χ3n) is 1.52. The van der Waals surface area contributed by atoms with Gasteiger partial charge in [-0.2, -0.15) is 0 Å². The lowest BCUT2D eigenvalue weighted by Crippen LogP contribution is -2.31. The molecule has 2 heteroatoms. The maximum absolute atomic E-state index is 5.73. The first-order valence-electron chi connectivity index (χ1n) is 4.01. The van der Waals surface area contributed by atoms with Crippen LogP contribution >= 0.6 is 0 Å². The van der Waals surface area contributed by atoms with Crippen LogP contribution in [0.15, 0.2) is 0 Å². The highest BCUT2D eigenvalue weighted by Crippen LogP contribution is 1.98. The molecule has 0 radical (unpaired) electrons. The fourth-order valence-corrected chi connectivity index (χ4v) is 0.556. The largest absolute Gasteiger partial charge is 0.380 e. The molecule has 0 heterocycles. The minimum Gasteiger partial charge on any atom is -0.380 e. The van der Waals surface area contributed by atoms with Crippen LogP contribution in [0.4, 0.5) is 0 Å². The second-order valence-electron chi connectivity index (χ2n) is 2.98. The molecule has 0 rings (SSSR count). The molecule has 62 valence electrons. The van der Waals surface area contributed by atoms with Crippen molar-refractivity contribution in [2.45, 2.75) is 33.2 Å². The predicted molar refractivity (Wildman–Crippen MR) is 43.9 cm³/mol. The van der Waals surface area contributed by atoms with E-state index < -0.39 is 0 Å². The summed E-state index contributed by atoms with van der Waals surface area (Å²) in [5.41, 5.74) is 5.73. The molecule has 0 saturated carbocycles. The van der Waals surface area contributed by atoms with Crippen LogP contribution in [0, 0.1) is 5.92 Å². The van der Waals surface area contributed by atoms with E-state index in [4.69, 9.17) is 10.5 Å². The summed E-state index contributed by atoms with van der Waals surface area (Å²) in [4.78, 5) is 0. The smallest absolute Gasteiger partial charge is 0.0619 e. The number of hydrogen-bond acceptors (Lipinski definition) is 2. The molecule has 2 nitrogen and oxygen atoms in total. The van der Waals surface area contributed by atoms with E-state index in [1.54, 1.807) is 0 Å². The highest BCUT2D eigenvalue weighted by Gasteiger charge is 2.05. The van der Waals surface area contributed by atoms with E-state index in [-0.39, 0.29) is 6.04 Å². The lowest BCUT2D eigenvalue weighted by Gasteiger charge is -2.14. The van der Waals surface area contributed by atoms with Gasteiger partial charge < -0.3 is 10.5 Å². The Hall–Kier alpha value is -0.0800. The Balaban J connectivity index is 3.13. The molecular weight excluding hydrogens is 126 g/mol. The van der Waals surface area contributed by atoms with Crippen molar-refractivity contribution in [3.63, 3.8) is 0 Å². The lowest BCUT2D eigenvalue weighted by molar-refractivity contribution is 0.110. The zero-order valence-electron chi connectivity index (χ0n) is 7.26. The normalized spacial score (nSPS) is 14.1. The summed E-state index contributed by atoms with van der Waals surface area (Å²) in [7, 11) is 0. The molecular formula is C8H19NO. The predicted octanol–water partition coefficient (Wildman–Crippen LogP) is 1.40. The van der Waals surface area contributed by atoms with Gasteiger partial charge in [0.2, 0.25) is 0 Å². The molecule has 0 aromatic carbocycles. The Morgan fingerprint density at radius 3 is 2.40 bits per heavy atom. The van der Waals surface area contributed by atoms with Crippen molar-refractivity contribution in [3.05, 3.63) is 0 Å². The minimum absolute atomic E-state index is 0.201. The van der Waals surface area contributed by atoms with Gasteiger partial charge in [0.1, 0.15) is 0 Å². The highest BCUT2D eigenvalue weighted by molar-refractivity contribution is 4.63. The van der Waals surface area contributed by atoms with E-state index in [1.807, 2.05) is 0 Å². The Labute approximate surface area is 63.7 Å². The van der Waals surface area contributed by atoms with Gasteiger partial charge in [-0.05, 0) is 12.3 Å². The fraction of sp³-hybridized carbons (Fsp3) is 1.00. The number of nitrogens with two attached hydrogens (primary N) is 1. The summed E-state index contributed by atoms with van der Waals surface area (Å²) in [5, 5.41) is 0. The molecule has 0 spiro atoms. The van der Waals surface area contributed by atoms with Crippen molar-refractivity contribution < 1.29 is 4.74 Å². The van der Waals surface area contributed by atoms with Crippen molar-refractivity contribution in [1.29, 1.82) is 0 Å². The Bertz CT molecular complexity index is 73.7. The van der Waals surface area contributed by atoms with Gasteiger partial charge >= 0.3 is 0 Å². The second kappa shape index (κ2) is 5.69. The summed E-state index contributed by atoms with van der Waals surface area (Å²) in [6.07, 6.45) is 1.07. The zero-order valence-corrected chi connectivity index (χ0v) is 7.26. The zero-order chi connectivity index (χ0) is 7.98. The molecule has 0 aliphatic rings. The Morgan fingerprint density at radius 1 is 1.40 bits per heavy atom. The molecule has 0 aromatic rings. The Kier molecular flexibility index (Phi) is 5.64.